The number of benzene rings is 3. The van der Waals surface area contributed by atoms with Crippen LogP contribution in [0.4, 0.5) is 0 Å². The smallest absolute Gasteiger partial charge is 0.204 e. The molecule has 0 aliphatic carbocycles. The van der Waals surface area contributed by atoms with Crippen LogP contribution in [0.25, 0.3) is 22.8 Å². The third-order valence-electron chi connectivity index (χ3n) is 7.14. The molecular formula is C31H32ClN7O2. The van der Waals surface area contributed by atoms with Gasteiger partial charge in [-0.25, -0.2) is 4.98 Å². The maximum Gasteiger partial charge on any atom is 0.204 e. The molecule has 9 nitrogen and oxygen atoms in total. The molecule has 2 aromatic heterocycles. The van der Waals surface area contributed by atoms with Crippen molar-refractivity contribution in [1.29, 1.82) is 0 Å². The number of rotatable bonds is 11. The van der Waals surface area contributed by atoms with Gasteiger partial charge in [-0.05, 0) is 34.9 Å². The van der Waals surface area contributed by atoms with Gasteiger partial charge in [0.15, 0.2) is 16.7 Å². The van der Waals surface area contributed by atoms with Gasteiger partial charge in [0.2, 0.25) is 5.82 Å². The lowest BCUT2D eigenvalue weighted by molar-refractivity contribution is 0.170. The zero-order valence-corrected chi connectivity index (χ0v) is 23.7. The number of fused-ring (bicyclic) bond motifs is 1. The molecule has 0 bridgehead atoms. The number of unbranched alkanes of at least 4 members (excludes halogenated alkanes) is 1. The number of hydrogen-bond acceptors (Lipinski definition) is 7. The first kappa shape index (κ1) is 27.0. The van der Waals surface area contributed by atoms with Crippen LogP contribution in [0.1, 0.15) is 36.6 Å². The average molecular weight is 570 g/mol. The second-order valence-electron chi connectivity index (χ2n) is 10.1. The Balaban J connectivity index is 1.32. The number of aromatic nitrogens is 6. The Morgan fingerprint density at radius 3 is 2.39 bits per heavy atom. The van der Waals surface area contributed by atoms with E-state index in [0.29, 0.717) is 43.8 Å². The lowest BCUT2D eigenvalue weighted by Gasteiger charge is -2.25. The number of ether oxygens (including phenoxy) is 2. The van der Waals surface area contributed by atoms with Crippen molar-refractivity contribution in [3.05, 3.63) is 94.8 Å². The van der Waals surface area contributed by atoms with Gasteiger partial charge in [0.05, 0.1) is 5.69 Å². The topological polar surface area (TPSA) is 94.0 Å². The van der Waals surface area contributed by atoms with E-state index in [0.717, 1.165) is 64.7 Å². The van der Waals surface area contributed by atoms with E-state index >= 15 is 0 Å². The quantitative estimate of drug-likeness (QED) is 0.204. The predicted octanol–water partition coefficient (Wildman–Crippen LogP) is 6.16. The van der Waals surface area contributed by atoms with Crippen molar-refractivity contribution < 1.29 is 9.47 Å². The molecule has 3 heterocycles. The Bertz CT molecular complexity index is 1570. The summed E-state index contributed by atoms with van der Waals surface area (Å²) in [7, 11) is 0. The Morgan fingerprint density at radius 2 is 1.63 bits per heavy atom. The highest BCUT2D eigenvalue weighted by molar-refractivity contribution is 6.30. The predicted molar refractivity (Wildman–Crippen MR) is 158 cm³/mol. The summed E-state index contributed by atoms with van der Waals surface area (Å²) in [6.07, 6.45) is 2.12. The minimum absolute atomic E-state index is 0.541. The Hall–Kier alpha value is -4.21. The summed E-state index contributed by atoms with van der Waals surface area (Å²) >= 11 is 6.88. The van der Waals surface area contributed by atoms with Crippen molar-refractivity contribution in [3.8, 4) is 34.3 Å². The molecule has 1 N–H and O–H groups in total. The molecule has 0 radical (unpaired) electrons. The van der Waals surface area contributed by atoms with Crippen LogP contribution in [0.2, 0.25) is 5.15 Å². The number of hydrogen-bond donors (Lipinski definition) is 1. The molecule has 10 heteroatoms. The lowest BCUT2D eigenvalue weighted by atomic mass is 10.1. The second kappa shape index (κ2) is 12.5. The normalized spacial score (nSPS) is 12.7. The second-order valence-corrected chi connectivity index (χ2v) is 10.5. The zero-order chi connectivity index (χ0) is 28.0. The number of halogens is 1. The van der Waals surface area contributed by atoms with Gasteiger partial charge in [-0.1, -0.05) is 85.6 Å². The summed E-state index contributed by atoms with van der Waals surface area (Å²) in [6.45, 7) is 6.21. The van der Waals surface area contributed by atoms with E-state index in [9.17, 15) is 0 Å². The van der Waals surface area contributed by atoms with Gasteiger partial charge in [0, 0.05) is 37.3 Å². The third kappa shape index (κ3) is 6.26. The van der Waals surface area contributed by atoms with Crippen LogP contribution in [0.3, 0.4) is 0 Å². The van der Waals surface area contributed by atoms with Crippen LogP contribution in [0.15, 0.2) is 72.8 Å². The summed E-state index contributed by atoms with van der Waals surface area (Å²) in [5.74, 6) is 3.06. The largest absolute Gasteiger partial charge is 0.486 e. The Morgan fingerprint density at radius 1 is 0.878 bits per heavy atom. The summed E-state index contributed by atoms with van der Waals surface area (Å²) < 4.78 is 13.9. The maximum absolute atomic E-state index is 6.88. The van der Waals surface area contributed by atoms with E-state index in [1.54, 1.807) is 0 Å². The summed E-state index contributed by atoms with van der Waals surface area (Å²) in [4.78, 5) is 7.22. The van der Waals surface area contributed by atoms with E-state index in [2.05, 4.69) is 73.4 Å². The summed E-state index contributed by atoms with van der Waals surface area (Å²) in [6, 6.07) is 24.7. The first-order valence-electron chi connectivity index (χ1n) is 13.9. The van der Waals surface area contributed by atoms with Crippen LogP contribution < -0.4 is 9.47 Å². The Kier molecular flexibility index (Phi) is 8.25. The minimum atomic E-state index is 0.541. The number of imidazole rings is 1. The van der Waals surface area contributed by atoms with Gasteiger partial charge in [-0.15, -0.1) is 10.2 Å². The van der Waals surface area contributed by atoms with Crippen molar-refractivity contribution >= 4 is 11.6 Å². The lowest BCUT2D eigenvalue weighted by Crippen LogP contribution is -2.24. The summed E-state index contributed by atoms with van der Waals surface area (Å²) in [5, 5.41) is 14.9. The highest BCUT2D eigenvalue weighted by Gasteiger charge is 2.21. The molecule has 0 fully saturated rings. The molecule has 5 aromatic rings. The van der Waals surface area contributed by atoms with Gasteiger partial charge in [0.1, 0.15) is 19.0 Å². The minimum Gasteiger partial charge on any atom is -0.486 e. The van der Waals surface area contributed by atoms with Crippen molar-refractivity contribution in [2.45, 2.75) is 45.9 Å². The van der Waals surface area contributed by atoms with E-state index in [-0.39, 0.29) is 0 Å². The molecule has 210 valence electrons. The van der Waals surface area contributed by atoms with E-state index in [4.69, 9.17) is 26.1 Å². The fourth-order valence-electron chi connectivity index (χ4n) is 5.10. The number of nitrogens with zero attached hydrogens (tertiary/aromatic N) is 6. The highest BCUT2D eigenvalue weighted by atomic mass is 35.5. The highest BCUT2D eigenvalue weighted by Crippen LogP contribution is 2.32. The van der Waals surface area contributed by atoms with E-state index in [1.165, 1.54) is 0 Å². The maximum atomic E-state index is 6.88. The molecule has 0 unspecified atom stereocenters. The van der Waals surface area contributed by atoms with E-state index in [1.807, 2.05) is 36.4 Å². The third-order valence-corrected chi connectivity index (χ3v) is 7.44. The number of tetrazole rings is 1. The standard InChI is InChI=1S/C31H32ClN7O2/c1-2-3-15-39-26(29(32)33-31(39)25-7-5-4-6-8-25)21-38(20-23-11-14-27-28(18-23)41-17-16-40-27)19-22-9-12-24(13-10-22)30-34-36-37-35-30/h4-14,18H,2-3,15-17,19-21H2,1H3,(H,34,35,36,37). The molecule has 41 heavy (non-hydrogen) atoms. The first-order chi connectivity index (χ1) is 20.2. The van der Waals surface area contributed by atoms with Crippen molar-refractivity contribution in [1.82, 2.24) is 35.1 Å². The molecular weight excluding hydrogens is 538 g/mol. The average Bonchev–Trinajstić information content (AvgIpc) is 3.65. The van der Waals surface area contributed by atoms with Gasteiger partial charge >= 0.3 is 0 Å². The molecule has 0 saturated carbocycles. The van der Waals surface area contributed by atoms with Crippen LogP contribution in [-0.2, 0) is 26.2 Å². The molecule has 6 rings (SSSR count). The van der Waals surface area contributed by atoms with Crippen LogP contribution in [0.5, 0.6) is 11.5 Å². The number of H-pyrrole nitrogens is 1. The fraction of sp³-hybridized carbons (Fsp3) is 0.290. The fourth-order valence-corrected chi connectivity index (χ4v) is 5.34. The first-order valence-corrected chi connectivity index (χ1v) is 14.3. The van der Waals surface area contributed by atoms with E-state index < -0.39 is 0 Å². The monoisotopic (exact) mass is 569 g/mol. The van der Waals surface area contributed by atoms with Gasteiger partial charge in [-0.3, -0.25) is 4.90 Å². The number of nitrogens with one attached hydrogen (secondary N) is 1. The molecule has 1 aliphatic rings. The molecule has 0 amide bonds. The molecule has 0 saturated heterocycles. The van der Waals surface area contributed by atoms with Crippen LogP contribution in [-0.4, -0.2) is 48.3 Å². The van der Waals surface area contributed by atoms with Crippen LogP contribution in [0, 0.1) is 0 Å². The molecule has 1 aliphatic heterocycles. The van der Waals surface area contributed by atoms with Crippen molar-refractivity contribution in [3.63, 3.8) is 0 Å². The van der Waals surface area contributed by atoms with Crippen LogP contribution >= 0.6 is 11.6 Å². The zero-order valence-electron chi connectivity index (χ0n) is 23.0. The molecule has 0 spiro atoms. The number of aromatic amines is 1. The van der Waals surface area contributed by atoms with Gasteiger partial charge in [0.25, 0.3) is 0 Å². The Labute approximate surface area is 244 Å². The SMILES string of the molecule is CCCCn1c(-c2ccccc2)nc(Cl)c1CN(Cc1ccc(-c2nn[nH]n2)cc1)Cc1ccc2c(c1)OCCO2. The van der Waals surface area contributed by atoms with Gasteiger partial charge < -0.3 is 14.0 Å². The van der Waals surface area contributed by atoms with Gasteiger partial charge in [-0.2, -0.15) is 5.21 Å². The molecule has 3 aromatic carbocycles. The van der Waals surface area contributed by atoms with Crippen molar-refractivity contribution in [2.24, 2.45) is 0 Å². The molecule has 0 atom stereocenters. The van der Waals surface area contributed by atoms with Crippen molar-refractivity contribution in [2.75, 3.05) is 13.2 Å². The summed E-state index contributed by atoms with van der Waals surface area (Å²) in [5.41, 5.74) is 5.28.